The fraction of sp³-hybridized carbons (Fsp3) is 0.800. The van der Waals surface area contributed by atoms with E-state index in [1.807, 2.05) is 7.05 Å². The summed E-state index contributed by atoms with van der Waals surface area (Å²) in [5.41, 5.74) is 0. The maximum Gasteiger partial charge on any atom is 0.631 e. The van der Waals surface area contributed by atoms with E-state index in [2.05, 4.69) is 0 Å². The van der Waals surface area contributed by atoms with Crippen LogP contribution in [0.5, 0.6) is 0 Å². The van der Waals surface area contributed by atoms with Crippen LogP contribution in [0.2, 0.25) is 0 Å². The number of hydrogen-bond acceptors (Lipinski definition) is 4. The zero-order valence-electron chi connectivity index (χ0n) is 6.40. The predicted molar refractivity (Wildman–Crippen MR) is 39.3 cm³/mol. The third-order valence-electron chi connectivity index (χ3n) is 1.31. The molecule has 6 heteroatoms. The van der Waals surface area contributed by atoms with Crippen LogP contribution in [0.25, 0.3) is 0 Å². The molecule has 64 valence electrons. The first-order chi connectivity index (χ1) is 5.04. The summed E-state index contributed by atoms with van der Waals surface area (Å²) in [6.45, 7) is 0.957. The van der Waals surface area contributed by atoms with Crippen molar-refractivity contribution in [1.29, 1.82) is 0 Å². The van der Waals surface area contributed by atoms with E-state index in [1.165, 1.54) is 0 Å². The zero-order valence-corrected chi connectivity index (χ0v) is 6.40. The molecule has 0 aromatic rings. The van der Waals surface area contributed by atoms with E-state index < -0.39 is 7.32 Å². The molecule has 0 bridgehead atoms. The van der Waals surface area contributed by atoms with Gasteiger partial charge in [0.1, 0.15) is 0 Å². The Bertz CT molecular complexity index is 127. The van der Waals surface area contributed by atoms with Crippen LogP contribution in [-0.4, -0.2) is 46.8 Å². The van der Waals surface area contributed by atoms with Gasteiger partial charge in [0.2, 0.25) is 5.91 Å². The van der Waals surface area contributed by atoms with Crippen LogP contribution in [0.1, 0.15) is 12.8 Å². The standard InChI is InChI=1S/C5H9NO.BH3O3/c1-6-4-2-3-5(6)7;2-1(3)4/h2-4H2,1H3;2-4H. The lowest BCUT2D eigenvalue weighted by molar-refractivity contribution is -0.126. The second-order valence-electron chi connectivity index (χ2n) is 2.27. The third kappa shape index (κ3) is 5.84. The molecule has 1 aliphatic rings. The molecule has 1 fully saturated rings. The van der Waals surface area contributed by atoms with Crippen molar-refractivity contribution in [3.8, 4) is 0 Å². The monoisotopic (exact) mass is 161 g/mol. The van der Waals surface area contributed by atoms with E-state index in [-0.39, 0.29) is 0 Å². The lowest BCUT2D eigenvalue weighted by Gasteiger charge is -2.03. The third-order valence-corrected chi connectivity index (χ3v) is 1.31. The van der Waals surface area contributed by atoms with Crippen LogP contribution >= 0.6 is 0 Å². The Labute approximate surface area is 65.4 Å². The zero-order chi connectivity index (χ0) is 8.85. The predicted octanol–water partition coefficient (Wildman–Crippen LogP) is -1.81. The quantitative estimate of drug-likeness (QED) is 0.365. The molecule has 0 aliphatic carbocycles. The van der Waals surface area contributed by atoms with Gasteiger partial charge in [-0.1, -0.05) is 0 Å². The SMILES string of the molecule is CN1CCCC1=O.OB(O)O. The molecule has 0 radical (unpaired) electrons. The van der Waals surface area contributed by atoms with E-state index in [0.717, 1.165) is 19.4 Å². The molecule has 1 heterocycles. The van der Waals surface area contributed by atoms with Crippen molar-refractivity contribution in [2.24, 2.45) is 0 Å². The Morgan fingerprint density at radius 1 is 1.45 bits per heavy atom. The van der Waals surface area contributed by atoms with Crippen LogP contribution in [0.15, 0.2) is 0 Å². The normalized spacial score (nSPS) is 16.0. The highest BCUT2D eigenvalue weighted by Gasteiger charge is 2.14. The number of nitrogens with zero attached hydrogens (tertiary/aromatic N) is 1. The number of carbonyl (C=O) groups is 1. The number of likely N-dealkylation sites (tertiary alicyclic amines) is 1. The molecule has 0 unspecified atom stereocenters. The van der Waals surface area contributed by atoms with E-state index >= 15 is 0 Å². The fourth-order valence-electron chi connectivity index (χ4n) is 0.783. The Morgan fingerprint density at radius 2 is 1.91 bits per heavy atom. The van der Waals surface area contributed by atoms with Crippen molar-refractivity contribution < 1.29 is 19.9 Å². The summed E-state index contributed by atoms with van der Waals surface area (Å²) >= 11 is 0. The number of carbonyl (C=O) groups excluding carboxylic acids is 1. The molecular formula is C5H12BNO4. The smallest absolute Gasteiger partial charge is 0.402 e. The minimum atomic E-state index is -2.17. The minimum absolute atomic E-state index is 0.292. The second-order valence-corrected chi connectivity index (χ2v) is 2.27. The van der Waals surface area contributed by atoms with Gasteiger partial charge in [0.15, 0.2) is 0 Å². The fourth-order valence-corrected chi connectivity index (χ4v) is 0.783. The van der Waals surface area contributed by atoms with Gasteiger partial charge in [-0.25, -0.2) is 0 Å². The first-order valence-corrected chi connectivity index (χ1v) is 3.32. The largest absolute Gasteiger partial charge is 0.631 e. The maximum absolute atomic E-state index is 10.5. The molecule has 1 amide bonds. The topological polar surface area (TPSA) is 81.0 Å². The maximum atomic E-state index is 10.5. The molecule has 5 nitrogen and oxygen atoms in total. The molecule has 0 aromatic heterocycles. The number of hydrogen-bond donors (Lipinski definition) is 3. The average molecular weight is 161 g/mol. The summed E-state index contributed by atoms with van der Waals surface area (Å²) in [5, 5.41) is 21.5. The molecule has 1 aliphatic heterocycles. The van der Waals surface area contributed by atoms with Gasteiger partial charge >= 0.3 is 7.32 Å². The summed E-state index contributed by atoms with van der Waals surface area (Å²) in [4.78, 5) is 12.3. The highest BCUT2D eigenvalue weighted by molar-refractivity contribution is 6.30. The van der Waals surface area contributed by atoms with Gasteiger partial charge in [-0.05, 0) is 6.42 Å². The first-order valence-electron chi connectivity index (χ1n) is 3.32. The number of rotatable bonds is 0. The highest BCUT2D eigenvalue weighted by atomic mass is 16.5. The summed E-state index contributed by atoms with van der Waals surface area (Å²) in [5.74, 6) is 0.292. The van der Waals surface area contributed by atoms with Crippen LogP contribution in [-0.2, 0) is 4.79 Å². The summed E-state index contributed by atoms with van der Waals surface area (Å²) in [6, 6.07) is 0. The van der Waals surface area contributed by atoms with Crippen molar-refractivity contribution in [2.45, 2.75) is 12.8 Å². The van der Waals surface area contributed by atoms with Gasteiger partial charge in [0, 0.05) is 20.0 Å². The Balaban J connectivity index is 0.000000218. The Kier molecular flexibility index (Phi) is 4.84. The van der Waals surface area contributed by atoms with E-state index in [1.54, 1.807) is 4.90 Å². The average Bonchev–Trinajstić information content (AvgIpc) is 2.15. The molecule has 0 atom stereocenters. The lowest BCUT2D eigenvalue weighted by Crippen LogP contribution is -2.17. The van der Waals surface area contributed by atoms with E-state index in [4.69, 9.17) is 15.1 Å². The molecule has 3 N–H and O–H groups in total. The Morgan fingerprint density at radius 3 is 2.00 bits per heavy atom. The molecule has 1 saturated heterocycles. The lowest BCUT2D eigenvalue weighted by atomic mass is 10.3. The van der Waals surface area contributed by atoms with Crippen molar-refractivity contribution >= 4 is 13.2 Å². The van der Waals surface area contributed by atoms with E-state index in [9.17, 15) is 4.79 Å². The molecule has 11 heavy (non-hydrogen) atoms. The highest BCUT2D eigenvalue weighted by Crippen LogP contribution is 2.04. The van der Waals surface area contributed by atoms with Crippen molar-refractivity contribution in [3.63, 3.8) is 0 Å². The molecule has 0 saturated carbocycles. The van der Waals surface area contributed by atoms with Crippen LogP contribution in [0.4, 0.5) is 0 Å². The van der Waals surface area contributed by atoms with Crippen molar-refractivity contribution in [3.05, 3.63) is 0 Å². The van der Waals surface area contributed by atoms with Gasteiger partial charge < -0.3 is 20.0 Å². The van der Waals surface area contributed by atoms with Gasteiger partial charge in [-0.15, -0.1) is 0 Å². The van der Waals surface area contributed by atoms with Gasteiger partial charge in [0.05, 0.1) is 0 Å². The molecular weight excluding hydrogens is 149 g/mol. The number of amides is 1. The minimum Gasteiger partial charge on any atom is -0.402 e. The Hall–Kier alpha value is -0.585. The van der Waals surface area contributed by atoms with Crippen LogP contribution < -0.4 is 0 Å². The van der Waals surface area contributed by atoms with Crippen LogP contribution in [0, 0.1) is 0 Å². The summed E-state index contributed by atoms with van der Waals surface area (Å²) in [6.07, 6.45) is 1.81. The summed E-state index contributed by atoms with van der Waals surface area (Å²) in [7, 11) is -0.324. The summed E-state index contributed by atoms with van der Waals surface area (Å²) < 4.78 is 0. The van der Waals surface area contributed by atoms with Crippen molar-refractivity contribution in [1.82, 2.24) is 4.90 Å². The van der Waals surface area contributed by atoms with Crippen LogP contribution in [0.3, 0.4) is 0 Å². The molecule has 0 aromatic carbocycles. The van der Waals surface area contributed by atoms with Gasteiger partial charge in [-0.3, -0.25) is 4.79 Å². The first kappa shape index (κ1) is 10.4. The van der Waals surface area contributed by atoms with E-state index in [0.29, 0.717) is 5.91 Å². The van der Waals surface area contributed by atoms with Gasteiger partial charge in [-0.2, -0.15) is 0 Å². The van der Waals surface area contributed by atoms with Gasteiger partial charge in [0.25, 0.3) is 0 Å². The second kappa shape index (κ2) is 5.12. The van der Waals surface area contributed by atoms with Crippen molar-refractivity contribution in [2.75, 3.05) is 13.6 Å². The molecule has 0 spiro atoms. The molecule has 1 rings (SSSR count).